The lowest BCUT2D eigenvalue weighted by atomic mass is 10.1. The van der Waals surface area contributed by atoms with Crippen LogP contribution in [-0.2, 0) is 14.6 Å². The number of amides is 1. The first-order chi connectivity index (χ1) is 9.71. The Bertz CT molecular complexity index is 772. The van der Waals surface area contributed by atoms with Gasteiger partial charge in [0, 0.05) is 17.0 Å². The molecule has 0 fully saturated rings. The van der Waals surface area contributed by atoms with E-state index in [2.05, 4.69) is 10.3 Å². The van der Waals surface area contributed by atoms with Gasteiger partial charge < -0.3 is 5.32 Å². The number of pyridine rings is 1. The molecular formula is C15H18N2O3S. The van der Waals surface area contributed by atoms with Gasteiger partial charge in [0.25, 0.3) is 0 Å². The summed E-state index contributed by atoms with van der Waals surface area (Å²) in [5, 5.41) is 4.34. The van der Waals surface area contributed by atoms with Crippen LogP contribution in [0.15, 0.2) is 36.7 Å². The fraction of sp³-hybridized carbons (Fsp3) is 0.333. The number of fused-ring (bicyclic) bond motifs is 1. The van der Waals surface area contributed by atoms with Gasteiger partial charge in [-0.05, 0) is 20.8 Å². The summed E-state index contributed by atoms with van der Waals surface area (Å²) in [5.74, 6) is -1.09. The number of aromatic nitrogens is 1. The SMILES string of the molecule is CC(C)(C)S(=O)(=O)CC(=O)Nc1cncc2ccccc12. The molecule has 0 bridgehead atoms. The molecule has 2 rings (SSSR count). The summed E-state index contributed by atoms with van der Waals surface area (Å²) in [7, 11) is -3.50. The van der Waals surface area contributed by atoms with Crippen molar-refractivity contribution in [3.8, 4) is 0 Å². The average Bonchev–Trinajstić information content (AvgIpc) is 2.37. The molecule has 1 amide bonds. The standard InChI is InChI=1S/C15H18N2O3S/c1-15(2,3)21(19,20)10-14(18)17-13-9-16-8-11-6-4-5-7-12(11)13/h4-9H,10H2,1-3H3,(H,17,18). The first kappa shape index (κ1) is 15.4. The highest BCUT2D eigenvalue weighted by molar-refractivity contribution is 7.93. The second-order valence-corrected chi connectivity index (χ2v) is 8.57. The van der Waals surface area contributed by atoms with Crippen LogP contribution in [-0.4, -0.2) is 29.8 Å². The van der Waals surface area contributed by atoms with Crippen LogP contribution in [0.4, 0.5) is 5.69 Å². The van der Waals surface area contributed by atoms with E-state index in [0.717, 1.165) is 10.8 Å². The van der Waals surface area contributed by atoms with E-state index in [1.807, 2.05) is 24.3 Å². The third-order valence-electron chi connectivity index (χ3n) is 3.20. The van der Waals surface area contributed by atoms with Gasteiger partial charge in [0.1, 0.15) is 5.75 Å². The van der Waals surface area contributed by atoms with Crippen LogP contribution in [0, 0.1) is 0 Å². The molecule has 1 N–H and O–H groups in total. The lowest BCUT2D eigenvalue weighted by molar-refractivity contribution is -0.113. The second-order valence-electron chi connectivity index (χ2n) is 5.83. The van der Waals surface area contributed by atoms with Crippen molar-refractivity contribution in [2.45, 2.75) is 25.5 Å². The molecule has 112 valence electrons. The van der Waals surface area contributed by atoms with Gasteiger partial charge in [-0.25, -0.2) is 8.42 Å². The molecule has 0 unspecified atom stereocenters. The van der Waals surface area contributed by atoms with Crippen molar-refractivity contribution in [2.24, 2.45) is 0 Å². The molecule has 0 aliphatic carbocycles. The summed E-state index contributed by atoms with van der Waals surface area (Å²) in [6.07, 6.45) is 3.21. The minimum Gasteiger partial charge on any atom is -0.323 e. The molecule has 5 nitrogen and oxygen atoms in total. The number of sulfone groups is 1. The van der Waals surface area contributed by atoms with E-state index in [9.17, 15) is 13.2 Å². The summed E-state index contributed by atoms with van der Waals surface area (Å²) in [6.45, 7) is 4.74. The van der Waals surface area contributed by atoms with E-state index in [1.165, 1.54) is 6.20 Å². The van der Waals surface area contributed by atoms with Gasteiger partial charge in [-0.2, -0.15) is 0 Å². The van der Waals surface area contributed by atoms with E-state index in [4.69, 9.17) is 0 Å². The number of nitrogens with zero attached hydrogens (tertiary/aromatic N) is 1. The summed E-state index contributed by atoms with van der Waals surface area (Å²) >= 11 is 0. The Morgan fingerprint density at radius 1 is 1.19 bits per heavy atom. The molecule has 0 spiro atoms. The Labute approximate surface area is 124 Å². The topological polar surface area (TPSA) is 76.1 Å². The fourth-order valence-corrected chi connectivity index (χ4v) is 2.64. The smallest absolute Gasteiger partial charge is 0.239 e. The molecule has 1 heterocycles. The Balaban J connectivity index is 2.24. The fourth-order valence-electron chi connectivity index (χ4n) is 1.79. The van der Waals surface area contributed by atoms with Gasteiger partial charge in [-0.1, -0.05) is 24.3 Å². The van der Waals surface area contributed by atoms with Crippen molar-refractivity contribution in [1.82, 2.24) is 4.98 Å². The Morgan fingerprint density at radius 3 is 2.52 bits per heavy atom. The molecule has 0 saturated carbocycles. The normalized spacial score (nSPS) is 12.3. The van der Waals surface area contributed by atoms with Crippen LogP contribution in [0.3, 0.4) is 0 Å². The van der Waals surface area contributed by atoms with Crippen LogP contribution < -0.4 is 5.32 Å². The van der Waals surface area contributed by atoms with E-state index in [1.54, 1.807) is 27.0 Å². The van der Waals surface area contributed by atoms with Gasteiger partial charge in [0.05, 0.1) is 16.6 Å². The molecule has 6 heteroatoms. The number of benzene rings is 1. The first-order valence-electron chi connectivity index (χ1n) is 6.55. The van der Waals surface area contributed by atoms with Crippen molar-refractivity contribution >= 4 is 32.2 Å². The molecule has 0 saturated heterocycles. The van der Waals surface area contributed by atoms with Gasteiger partial charge in [0.15, 0.2) is 9.84 Å². The van der Waals surface area contributed by atoms with E-state index in [0.29, 0.717) is 5.69 Å². The Hall–Kier alpha value is -1.95. The zero-order chi connectivity index (χ0) is 15.7. The van der Waals surface area contributed by atoms with Gasteiger partial charge in [-0.15, -0.1) is 0 Å². The van der Waals surface area contributed by atoms with Crippen molar-refractivity contribution < 1.29 is 13.2 Å². The molecule has 0 aliphatic rings. The maximum Gasteiger partial charge on any atom is 0.239 e. The summed E-state index contributed by atoms with van der Waals surface area (Å²) in [4.78, 5) is 16.0. The third kappa shape index (κ3) is 3.39. The largest absolute Gasteiger partial charge is 0.323 e. The van der Waals surface area contributed by atoms with Crippen LogP contribution in [0.25, 0.3) is 10.8 Å². The molecule has 0 atom stereocenters. The lowest BCUT2D eigenvalue weighted by Gasteiger charge is -2.18. The van der Waals surface area contributed by atoms with Crippen LogP contribution >= 0.6 is 0 Å². The highest BCUT2D eigenvalue weighted by atomic mass is 32.2. The molecule has 1 aromatic heterocycles. The minimum absolute atomic E-state index is 0.516. The maximum absolute atomic E-state index is 12.0. The number of carbonyl (C=O) groups excluding carboxylic acids is 1. The Morgan fingerprint density at radius 2 is 1.86 bits per heavy atom. The quantitative estimate of drug-likeness (QED) is 0.944. The van der Waals surface area contributed by atoms with Gasteiger partial charge in [0.2, 0.25) is 5.91 Å². The summed E-state index contributed by atoms with van der Waals surface area (Å²) in [5.41, 5.74) is 0.516. The van der Waals surface area contributed by atoms with Crippen molar-refractivity contribution in [3.05, 3.63) is 36.7 Å². The van der Waals surface area contributed by atoms with E-state index >= 15 is 0 Å². The van der Waals surface area contributed by atoms with Crippen molar-refractivity contribution in [3.63, 3.8) is 0 Å². The average molecular weight is 306 g/mol. The molecule has 2 aromatic rings. The molecule has 1 aromatic carbocycles. The van der Waals surface area contributed by atoms with Crippen LogP contribution in [0.1, 0.15) is 20.8 Å². The summed E-state index contributed by atoms with van der Waals surface area (Å²) < 4.78 is 23.1. The van der Waals surface area contributed by atoms with Crippen molar-refractivity contribution in [1.29, 1.82) is 0 Å². The third-order valence-corrected chi connectivity index (χ3v) is 5.70. The number of carbonyl (C=O) groups is 1. The van der Waals surface area contributed by atoms with Gasteiger partial charge in [-0.3, -0.25) is 9.78 Å². The zero-order valence-corrected chi connectivity index (χ0v) is 13.1. The predicted molar refractivity (Wildman–Crippen MR) is 83.9 cm³/mol. The number of rotatable bonds is 3. The van der Waals surface area contributed by atoms with Crippen LogP contribution in [0.5, 0.6) is 0 Å². The minimum atomic E-state index is -3.50. The number of nitrogens with one attached hydrogen (secondary N) is 1. The lowest BCUT2D eigenvalue weighted by Crippen LogP contribution is -2.35. The maximum atomic E-state index is 12.0. The predicted octanol–water partition coefficient (Wildman–Crippen LogP) is 2.39. The first-order valence-corrected chi connectivity index (χ1v) is 8.21. The van der Waals surface area contributed by atoms with Crippen LogP contribution in [0.2, 0.25) is 0 Å². The van der Waals surface area contributed by atoms with E-state index < -0.39 is 26.2 Å². The Kier molecular flexibility index (Phi) is 4.00. The zero-order valence-electron chi connectivity index (χ0n) is 12.3. The van der Waals surface area contributed by atoms with Gasteiger partial charge >= 0.3 is 0 Å². The second kappa shape index (κ2) is 5.44. The number of hydrogen-bond acceptors (Lipinski definition) is 4. The molecule has 0 radical (unpaired) electrons. The van der Waals surface area contributed by atoms with Crippen molar-refractivity contribution in [2.75, 3.05) is 11.1 Å². The monoisotopic (exact) mass is 306 g/mol. The highest BCUT2D eigenvalue weighted by Gasteiger charge is 2.31. The molecule has 21 heavy (non-hydrogen) atoms. The number of anilines is 1. The number of hydrogen-bond donors (Lipinski definition) is 1. The van der Waals surface area contributed by atoms with E-state index in [-0.39, 0.29) is 0 Å². The molecular weight excluding hydrogens is 288 g/mol. The highest BCUT2D eigenvalue weighted by Crippen LogP contribution is 2.22. The summed E-state index contributed by atoms with van der Waals surface area (Å²) in [6, 6.07) is 7.46. The molecule has 0 aliphatic heterocycles.